The standard InChI is InChI=1S/C20H22BrN3O3/c1-13-5-4-6-17(14(13)2)23-19(25)9-10-20(26)24-22-12-15-11-16(21)7-8-18(15)27-3/h4-8,11-12H,9-10H2,1-3H3,(H,23,25)(H,24,26). The van der Waals surface area contributed by atoms with Gasteiger partial charge in [0.2, 0.25) is 11.8 Å². The van der Waals surface area contributed by atoms with Crippen LogP contribution in [-0.2, 0) is 9.59 Å². The molecule has 0 saturated heterocycles. The first-order valence-corrected chi connectivity index (χ1v) is 9.21. The zero-order chi connectivity index (χ0) is 19.8. The zero-order valence-electron chi connectivity index (χ0n) is 15.5. The van der Waals surface area contributed by atoms with Crippen LogP contribution in [0.2, 0.25) is 0 Å². The molecular weight excluding hydrogens is 410 g/mol. The van der Waals surface area contributed by atoms with Crippen molar-refractivity contribution in [3.05, 3.63) is 57.6 Å². The van der Waals surface area contributed by atoms with Crippen LogP contribution in [0.5, 0.6) is 5.75 Å². The van der Waals surface area contributed by atoms with Crippen molar-refractivity contribution in [2.75, 3.05) is 12.4 Å². The summed E-state index contributed by atoms with van der Waals surface area (Å²) in [5, 5.41) is 6.75. The molecule has 0 radical (unpaired) electrons. The summed E-state index contributed by atoms with van der Waals surface area (Å²) in [7, 11) is 1.56. The van der Waals surface area contributed by atoms with Crippen LogP contribution in [-0.4, -0.2) is 25.1 Å². The Labute approximate surface area is 167 Å². The average molecular weight is 432 g/mol. The third-order valence-corrected chi connectivity index (χ3v) is 4.54. The number of hydrogen-bond donors (Lipinski definition) is 2. The molecule has 0 fully saturated rings. The summed E-state index contributed by atoms with van der Waals surface area (Å²) in [4.78, 5) is 23.9. The number of nitrogens with zero attached hydrogens (tertiary/aromatic N) is 1. The summed E-state index contributed by atoms with van der Waals surface area (Å²) in [6, 6.07) is 11.2. The third-order valence-electron chi connectivity index (χ3n) is 4.04. The summed E-state index contributed by atoms with van der Waals surface area (Å²) in [5.74, 6) is 0.0944. The van der Waals surface area contributed by atoms with Gasteiger partial charge >= 0.3 is 0 Å². The van der Waals surface area contributed by atoms with E-state index in [1.807, 2.05) is 44.2 Å². The second-order valence-electron chi connectivity index (χ2n) is 5.98. The van der Waals surface area contributed by atoms with E-state index in [0.29, 0.717) is 5.75 Å². The number of methoxy groups -OCH3 is 1. The molecule has 0 aliphatic heterocycles. The van der Waals surface area contributed by atoms with Crippen molar-refractivity contribution in [3.63, 3.8) is 0 Å². The molecular formula is C20H22BrN3O3. The van der Waals surface area contributed by atoms with Crippen molar-refractivity contribution in [2.24, 2.45) is 5.10 Å². The van der Waals surface area contributed by atoms with E-state index in [1.54, 1.807) is 13.2 Å². The van der Waals surface area contributed by atoms with Gasteiger partial charge in [-0.15, -0.1) is 0 Å². The summed E-state index contributed by atoms with van der Waals surface area (Å²) in [6.45, 7) is 3.93. The maximum Gasteiger partial charge on any atom is 0.240 e. The number of aryl methyl sites for hydroxylation is 1. The van der Waals surface area contributed by atoms with Crippen molar-refractivity contribution in [2.45, 2.75) is 26.7 Å². The molecule has 2 aromatic carbocycles. The maximum absolute atomic E-state index is 12.0. The Morgan fingerprint density at radius 1 is 1.15 bits per heavy atom. The summed E-state index contributed by atoms with van der Waals surface area (Å²) in [5.41, 5.74) is 6.02. The number of benzene rings is 2. The molecule has 0 aliphatic carbocycles. The van der Waals surface area contributed by atoms with E-state index in [4.69, 9.17) is 4.74 Å². The first kappa shape index (κ1) is 20.6. The second-order valence-corrected chi connectivity index (χ2v) is 6.89. The van der Waals surface area contributed by atoms with Crippen LogP contribution in [0.1, 0.15) is 29.5 Å². The van der Waals surface area contributed by atoms with Crippen molar-refractivity contribution in [3.8, 4) is 5.75 Å². The van der Waals surface area contributed by atoms with Gasteiger partial charge in [0.25, 0.3) is 0 Å². The Kier molecular flexibility index (Phi) is 7.55. The molecule has 0 aliphatic rings. The van der Waals surface area contributed by atoms with Gasteiger partial charge in [0.15, 0.2) is 0 Å². The van der Waals surface area contributed by atoms with Crippen molar-refractivity contribution in [1.82, 2.24) is 5.43 Å². The number of rotatable bonds is 7. The van der Waals surface area contributed by atoms with E-state index in [2.05, 4.69) is 31.8 Å². The van der Waals surface area contributed by atoms with Crippen molar-refractivity contribution < 1.29 is 14.3 Å². The molecule has 6 nitrogen and oxygen atoms in total. The number of ether oxygens (including phenoxy) is 1. The quantitative estimate of drug-likeness (QED) is 0.514. The van der Waals surface area contributed by atoms with E-state index in [-0.39, 0.29) is 24.7 Å². The Balaban J connectivity index is 1.83. The lowest BCUT2D eigenvalue weighted by atomic mass is 10.1. The number of anilines is 1. The molecule has 2 rings (SSSR count). The highest BCUT2D eigenvalue weighted by molar-refractivity contribution is 9.10. The number of halogens is 1. The molecule has 142 valence electrons. The van der Waals surface area contributed by atoms with Crippen LogP contribution in [0.3, 0.4) is 0 Å². The van der Waals surface area contributed by atoms with Crippen LogP contribution >= 0.6 is 15.9 Å². The molecule has 2 N–H and O–H groups in total. The van der Waals surface area contributed by atoms with E-state index >= 15 is 0 Å². The molecule has 0 aromatic heterocycles. The predicted molar refractivity (Wildman–Crippen MR) is 110 cm³/mol. The largest absolute Gasteiger partial charge is 0.496 e. The minimum atomic E-state index is -0.337. The van der Waals surface area contributed by atoms with Gasteiger partial charge in [0.1, 0.15) is 5.75 Å². The van der Waals surface area contributed by atoms with Crippen LogP contribution in [0, 0.1) is 13.8 Å². The fourth-order valence-electron chi connectivity index (χ4n) is 2.36. The van der Waals surface area contributed by atoms with Gasteiger partial charge in [-0.05, 0) is 49.2 Å². The van der Waals surface area contributed by atoms with Crippen molar-refractivity contribution >= 4 is 39.6 Å². The predicted octanol–water partition coefficient (Wildman–Crippen LogP) is 3.94. The van der Waals surface area contributed by atoms with E-state index in [0.717, 1.165) is 26.9 Å². The number of carbonyl (C=O) groups is 2. The Morgan fingerprint density at radius 2 is 1.89 bits per heavy atom. The highest BCUT2D eigenvalue weighted by Gasteiger charge is 2.09. The number of nitrogens with one attached hydrogen (secondary N) is 2. The topological polar surface area (TPSA) is 79.8 Å². The minimum Gasteiger partial charge on any atom is -0.496 e. The molecule has 0 unspecified atom stereocenters. The highest BCUT2D eigenvalue weighted by Crippen LogP contribution is 2.21. The minimum absolute atomic E-state index is 0.0453. The van der Waals surface area contributed by atoms with Gasteiger partial charge in [-0.2, -0.15) is 5.10 Å². The maximum atomic E-state index is 12.0. The summed E-state index contributed by atoms with van der Waals surface area (Å²) < 4.78 is 6.11. The first-order valence-electron chi connectivity index (χ1n) is 8.42. The fraction of sp³-hybridized carbons (Fsp3) is 0.250. The SMILES string of the molecule is COc1ccc(Br)cc1C=NNC(=O)CCC(=O)Nc1cccc(C)c1C. The monoisotopic (exact) mass is 431 g/mol. The van der Waals surface area contributed by atoms with Gasteiger partial charge in [0, 0.05) is 28.6 Å². The Hall–Kier alpha value is -2.67. The number of hydrazone groups is 1. The molecule has 7 heteroatoms. The number of carbonyl (C=O) groups excluding carboxylic acids is 2. The zero-order valence-corrected chi connectivity index (χ0v) is 17.1. The Bertz CT molecular complexity index is 866. The van der Waals surface area contributed by atoms with Crippen molar-refractivity contribution in [1.29, 1.82) is 0 Å². The molecule has 0 bridgehead atoms. The van der Waals surface area contributed by atoms with E-state index in [9.17, 15) is 9.59 Å². The molecule has 0 atom stereocenters. The molecule has 27 heavy (non-hydrogen) atoms. The van der Waals surface area contributed by atoms with Gasteiger partial charge < -0.3 is 10.1 Å². The van der Waals surface area contributed by atoms with E-state index < -0.39 is 0 Å². The molecule has 2 aromatic rings. The van der Waals surface area contributed by atoms with E-state index in [1.165, 1.54) is 6.21 Å². The first-order chi connectivity index (χ1) is 12.9. The van der Waals surface area contributed by atoms with Gasteiger partial charge in [-0.25, -0.2) is 5.43 Å². The van der Waals surface area contributed by atoms with Gasteiger partial charge in [0.05, 0.1) is 13.3 Å². The second kappa shape index (κ2) is 9.87. The lowest BCUT2D eigenvalue weighted by Crippen LogP contribution is -2.21. The highest BCUT2D eigenvalue weighted by atomic mass is 79.9. The molecule has 2 amide bonds. The molecule has 0 spiro atoms. The lowest BCUT2D eigenvalue weighted by Gasteiger charge is -2.10. The molecule has 0 heterocycles. The van der Waals surface area contributed by atoms with Crippen LogP contribution in [0.25, 0.3) is 0 Å². The smallest absolute Gasteiger partial charge is 0.240 e. The van der Waals surface area contributed by atoms with Crippen LogP contribution < -0.4 is 15.5 Å². The third kappa shape index (κ3) is 6.21. The van der Waals surface area contributed by atoms with Gasteiger partial charge in [-0.1, -0.05) is 28.1 Å². The number of hydrogen-bond acceptors (Lipinski definition) is 4. The average Bonchev–Trinajstić information content (AvgIpc) is 2.64. The fourth-order valence-corrected chi connectivity index (χ4v) is 2.74. The van der Waals surface area contributed by atoms with Crippen LogP contribution in [0.15, 0.2) is 46.0 Å². The summed E-state index contributed by atoms with van der Waals surface area (Å²) in [6.07, 6.45) is 1.62. The summed E-state index contributed by atoms with van der Waals surface area (Å²) >= 11 is 3.37. The normalized spacial score (nSPS) is 10.7. The van der Waals surface area contributed by atoms with Gasteiger partial charge in [-0.3, -0.25) is 9.59 Å². The van der Waals surface area contributed by atoms with Crippen LogP contribution in [0.4, 0.5) is 5.69 Å². The Morgan fingerprint density at radius 3 is 2.63 bits per heavy atom. The number of amides is 2. The molecule has 0 saturated carbocycles. The lowest BCUT2D eigenvalue weighted by molar-refractivity contribution is -0.124.